The van der Waals surface area contributed by atoms with Crippen LogP contribution in [-0.4, -0.2) is 15.2 Å². The first-order valence-corrected chi connectivity index (χ1v) is 11.8. The average Bonchev–Trinajstić information content (AvgIpc) is 3.23. The minimum atomic E-state index is -0.0457. The van der Waals surface area contributed by atoms with Crippen LogP contribution in [0.1, 0.15) is 21.5 Å². The summed E-state index contributed by atoms with van der Waals surface area (Å²) in [4.78, 5) is 19.1. The third kappa shape index (κ3) is 3.71. The predicted molar refractivity (Wildman–Crippen MR) is 143 cm³/mol. The van der Waals surface area contributed by atoms with Crippen LogP contribution >= 0.6 is 11.6 Å². The zero-order valence-corrected chi connectivity index (χ0v) is 19.8. The van der Waals surface area contributed by atoms with Crippen molar-refractivity contribution in [2.75, 3.05) is 0 Å². The Balaban J connectivity index is 1.73. The largest absolute Gasteiger partial charge is 0.314 e. The van der Waals surface area contributed by atoms with Crippen LogP contribution in [0.5, 0.6) is 0 Å². The molecule has 0 aliphatic heterocycles. The number of pyridine rings is 2. The first kappa shape index (κ1) is 21.3. The molecule has 0 spiro atoms. The molecule has 0 N–H and O–H groups in total. The number of aromatic nitrogens is 2. The Hall–Kier alpha value is -4.21. The molecule has 0 saturated carbocycles. The number of hydrogen-bond donors (Lipinski definition) is 0. The Morgan fingerprint density at radius 1 is 0.829 bits per heavy atom. The Labute approximate surface area is 208 Å². The highest BCUT2D eigenvalue weighted by atomic mass is 35.5. The van der Waals surface area contributed by atoms with Gasteiger partial charge in [0.15, 0.2) is 5.78 Å². The van der Waals surface area contributed by atoms with E-state index in [9.17, 15) is 4.79 Å². The molecule has 35 heavy (non-hydrogen) atoms. The van der Waals surface area contributed by atoms with Gasteiger partial charge in [-0.15, -0.1) is 0 Å². The second kappa shape index (κ2) is 8.53. The van der Waals surface area contributed by atoms with Gasteiger partial charge in [-0.05, 0) is 66.6 Å². The maximum absolute atomic E-state index is 14.1. The summed E-state index contributed by atoms with van der Waals surface area (Å²) in [6, 6.07) is 33.5. The monoisotopic (exact) mass is 472 g/mol. The minimum absolute atomic E-state index is 0.0457. The van der Waals surface area contributed by atoms with Gasteiger partial charge in [-0.2, -0.15) is 0 Å². The van der Waals surface area contributed by atoms with E-state index in [-0.39, 0.29) is 5.78 Å². The maximum atomic E-state index is 14.1. The molecule has 0 aliphatic carbocycles. The molecule has 3 aromatic heterocycles. The van der Waals surface area contributed by atoms with Gasteiger partial charge in [0, 0.05) is 27.7 Å². The second-order valence-electron chi connectivity index (χ2n) is 8.65. The fourth-order valence-corrected chi connectivity index (χ4v) is 4.80. The summed E-state index contributed by atoms with van der Waals surface area (Å²) in [7, 11) is 0. The summed E-state index contributed by atoms with van der Waals surface area (Å²) in [5.41, 5.74) is 7.66. The molecule has 0 saturated heterocycles. The van der Waals surface area contributed by atoms with Gasteiger partial charge in [0.25, 0.3) is 0 Å². The van der Waals surface area contributed by atoms with Crippen molar-refractivity contribution in [2.24, 2.45) is 0 Å². The van der Waals surface area contributed by atoms with Gasteiger partial charge < -0.3 is 4.40 Å². The predicted octanol–water partition coefficient (Wildman–Crippen LogP) is 8.01. The molecule has 0 atom stereocenters. The van der Waals surface area contributed by atoms with E-state index < -0.39 is 0 Å². The molecule has 3 heterocycles. The molecule has 168 valence electrons. The lowest BCUT2D eigenvalue weighted by Crippen LogP contribution is -2.03. The average molecular weight is 473 g/mol. The summed E-state index contributed by atoms with van der Waals surface area (Å²) in [6.45, 7) is 2.04. The number of para-hydroxylation sites is 1. The number of benzene rings is 3. The van der Waals surface area contributed by atoms with Gasteiger partial charge in [0.1, 0.15) is 0 Å². The lowest BCUT2D eigenvalue weighted by Gasteiger charge is -2.09. The van der Waals surface area contributed by atoms with Crippen LogP contribution in [0, 0.1) is 6.92 Å². The molecule has 0 bridgehead atoms. The van der Waals surface area contributed by atoms with E-state index in [2.05, 4.69) is 28.7 Å². The molecule has 3 aromatic carbocycles. The van der Waals surface area contributed by atoms with E-state index in [1.165, 1.54) is 0 Å². The van der Waals surface area contributed by atoms with Crippen molar-refractivity contribution in [3.05, 3.63) is 131 Å². The third-order valence-electron chi connectivity index (χ3n) is 6.33. The van der Waals surface area contributed by atoms with Crippen molar-refractivity contribution in [1.29, 1.82) is 0 Å². The first-order chi connectivity index (χ1) is 17.1. The highest BCUT2D eigenvalue weighted by Gasteiger charge is 2.27. The summed E-state index contributed by atoms with van der Waals surface area (Å²) in [5, 5.41) is 1.68. The molecular weight excluding hydrogens is 452 g/mol. The van der Waals surface area contributed by atoms with Crippen molar-refractivity contribution >= 4 is 33.8 Å². The second-order valence-corrected chi connectivity index (χ2v) is 9.09. The van der Waals surface area contributed by atoms with Crippen LogP contribution in [0.3, 0.4) is 0 Å². The van der Waals surface area contributed by atoms with Crippen LogP contribution in [0.15, 0.2) is 109 Å². The fraction of sp³-hybridized carbons (Fsp3) is 0.0323. The van der Waals surface area contributed by atoms with Crippen LogP contribution in [-0.2, 0) is 0 Å². The van der Waals surface area contributed by atoms with E-state index in [1.54, 1.807) is 24.3 Å². The van der Waals surface area contributed by atoms with Crippen LogP contribution in [0.2, 0.25) is 5.02 Å². The van der Waals surface area contributed by atoms with Gasteiger partial charge in [-0.3, -0.25) is 4.79 Å². The number of ketones is 1. The number of carbonyl (C=O) groups excluding carboxylic acids is 1. The Bertz CT molecular complexity index is 1720. The fourth-order valence-electron chi connectivity index (χ4n) is 4.67. The van der Waals surface area contributed by atoms with Crippen molar-refractivity contribution in [3.63, 3.8) is 0 Å². The van der Waals surface area contributed by atoms with Gasteiger partial charge in [0.05, 0.1) is 28.0 Å². The first-order valence-electron chi connectivity index (χ1n) is 11.5. The molecule has 0 radical (unpaired) electrons. The Kier molecular flexibility index (Phi) is 5.20. The summed E-state index contributed by atoms with van der Waals surface area (Å²) in [5.74, 6) is -0.0457. The molecule has 0 aliphatic rings. The Morgan fingerprint density at radius 3 is 2.37 bits per heavy atom. The number of rotatable bonds is 4. The van der Waals surface area contributed by atoms with Crippen LogP contribution < -0.4 is 0 Å². The zero-order valence-electron chi connectivity index (χ0n) is 19.1. The summed E-state index contributed by atoms with van der Waals surface area (Å²) in [6.07, 6.45) is 2.03. The molecule has 6 rings (SSSR count). The van der Waals surface area contributed by atoms with Crippen molar-refractivity contribution in [2.45, 2.75) is 6.92 Å². The highest BCUT2D eigenvalue weighted by molar-refractivity contribution is 6.30. The number of carbonyl (C=O) groups is 1. The van der Waals surface area contributed by atoms with Crippen molar-refractivity contribution < 1.29 is 4.79 Å². The molecule has 3 nitrogen and oxygen atoms in total. The van der Waals surface area contributed by atoms with E-state index in [1.807, 2.05) is 67.7 Å². The van der Waals surface area contributed by atoms with Crippen molar-refractivity contribution in [1.82, 2.24) is 9.38 Å². The molecule has 0 fully saturated rings. The number of fused-ring (bicyclic) bond motifs is 2. The van der Waals surface area contributed by atoms with Crippen molar-refractivity contribution in [3.8, 4) is 22.5 Å². The normalized spacial score (nSPS) is 11.3. The van der Waals surface area contributed by atoms with Crippen LogP contribution in [0.25, 0.3) is 38.9 Å². The molecule has 0 unspecified atom stereocenters. The quantitative estimate of drug-likeness (QED) is 0.243. The number of aryl methyl sites for hydroxylation is 1. The smallest absolute Gasteiger partial charge is 0.195 e. The van der Waals surface area contributed by atoms with E-state index in [0.29, 0.717) is 16.1 Å². The Morgan fingerprint density at radius 2 is 1.57 bits per heavy atom. The van der Waals surface area contributed by atoms with Gasteiger partial charge >= 0.3 is 0 Å². The molecule has 6 aromatic rings. The topological polar surface area (TPSA) is 34.4 Å². The lowest BCUT2D eigenvalue weighted by molar-refractivity contribution is 0.104. The lowest BCUT2D eigenvalue weighted by atomic mass is 9.93. The molecule has 4 heteroatoms. The van der Waals surface area contributed by atoms with Gasteiger partial charge in [0.2, 0.25) is 0 Å². The van der Waals surface area contributed by atoms with Gasteiger partial charge in [-0.1, -0.05) is 66.2 Å². The van der Waals surface area contributed by atoms with Crippen LogP contribution in [0.4, 0.5) is 0 Å². The summed E-state index contributed by atoms with van der Waals surface area (Å²) >= 11 is 6.11. The number of nitrogens with zero attached hydrogens (tertiary/aromatic N) is 2. The van der Waals surface area contributed by atoms with E-state index >= 15 is 0 Å². The minimum Gasteiger partial charge on any atom is -0.314 e. The molecular formula is C31H21ClN2O. The molecule has 0 amide bonds. The zero-order chi connectivity index (χ0) is 23.9. The van der Waals surface area contributed by atoms with E-state index in [0.717, 1.165) is 44.5 Å². The third-order valence-corrected chi connectivity index (χ3v) is 6.58. The number of hydrogen-bond acceptors (Lipinski definition) is 2. The SMILES string of the molecule is Cc1ccn2c(-c3ccc4ccccc4n3)c(-c3ccccc3)c(C(=O)c3ccc(Cl)cc3)c2c1. The van der Waals surface area contributed by atoms with E-state index in [4.69, 9.17) is 16.6 Å². The highest BCUT2D eigenvalue weighted by Crippen LogP contribution is 2.40. The number of halogens is 1. The standard InChI is InChI=1S/C31H21ClN2O/c1-20-17-18-34-27(19-20)29(31(35)23-11-14-24(32)15-12-23)28(22-8-3-2-4-9-22)30(34)26-16-13-21-7-5-6-10-25(21)33-26/h2-19H,1H3. The summed E-state index contributed by atoms with van der Waals surface area (Å²) < 4.78 is 2.09. The maximum Gasteiger partial charge on any atom is 0.195 e. The van der Waals surface area contributed by atoms with Gasteiger partial charge in [-0.25, -0.2) is 4.98 Å².